The number of carbonyl (C=O) groups is 2. The zero-order chi connectivity index (χ0) is 18.1. The summed E-state index contributed by atoms with van der Waals surface area (Å²) >= 11 is 6.14. The van der Waals surface area contributed by atoms with Crippen LogP contribution in [0.15, 0.2) is 43.0 Å². The number of rotatable bonds is 9. The fourth-order valence-corrected chi connectivity index (χ4v) is 2.66. The Balaban J connectivity index is 2.00. The van der Waals surface area contributed by atoms with Gasteiger partial charge < -0.3 is 14.2 Å². The maximum atomic E-state index is 12.8. The quantitative estimate of drug-likeness (QED) is 0.642. The van der Waals surface area contributed by atoms with Crippen LogP contribution in [-0.4, -0.2) is 46.0 Å². The van der Waals surface area contributed by atoms with E-state index in [4.69, 9.17) is 16.3 Å². The van der Waals surface area contributed by atoms with Crippen molar-refractivity contribution < 1.29 is 14.3 Å². The van der Waals surface area contributed by atoms with E-state index in [1.165, 1.54) is 0 Å². The summed E-state index contributed by atoms with van der Waals surface area (Å²) in [5, 5.41) is 0.406. The summed E-state index contributed by atoms with van der Waals surface area (Å²) in [5.74, 6) is -0.491. The van der Waals surface area contributed by atoms with Gasteiger partial charge in [0.15, 0.2) is 0 Å². The summed E-state index contributed by atoms with van der Waals surface area (Å²) in [6, 6.07) is 6.93. The molecule has 0 bridgehead atoms. The van der Waals surface area contributed by atoms with Crippen LogP contribution in [0.25, 0.3) is 0 Å². The Labute approximate surface area is 152 Å². The van der Waals surface area contributed by atoms with Gasteiger partial charge in [-0.25, -0.2) is 4.98 Å². The molecule has 0 aliphatic carbocycles. The highest BCUT2D eigenvalue weighted by Gasteiger charge is 2.19. The van der Waals surface area contributed by atoms with Crippen LogP contribution < -0.4 is 0 Å². The molecule has 1 heterocycles. The van der Waals surface area contributed by atoms with Gasteiger partial charge in [0, 0.05) is 32.0 Å². The second-order valence-electron chi connectivity index (χ2n) is 5.48. The Morgan fingerprint density at radius 2 is 2.08 bits per heavy atom. The van der Waals surface area contributed by atoms with E-state index in [-0.39, 0.29) is 18.3 Å². The number of halogens is 1. The number of aromatic nitrogens is 2. The number of ether oxygens (including phenoxy) is 1. The van der Waals surface area contributed by atoms with E-state index in [2.05, 4.69) is 4.98 Å². The molecule has 0 atom stereocenters. The Kier molecular flexibility index (Phi) is 7.47. The van der Waals surface area contributed by atoms with Crippen LogP contribution in [-0.2, 0) is 16.1 Å². The summed E-state index contributed by atoms with van der Waals surface area (Å²) < 4.78 is 6.90. The average molecular weight is 364 g/mol. The molecule has 0 aliphatic rings. The van der Waals surface area contributed by atoms with Crippen LogP contribution in [0.3, 0.4) is 0 Å². The minimum Gasteiger partial charge on any atom is -0.466 e. The van der Waals surface area contributed by atoms with Gasteiger partial charge in [-0.15, -0.1) is 0 Å². The minimum atomic E-state index is -0.311. The van der Waals surface area contributed by atoms with Gasteiger partial charge in [-0.1, -0.05) is 23.7 Å². The number of hydrogen-bond donors (Lipinski definition) is 0. The average Bonchev–Trinajstić information content (AvgIpc) is 3.11. The van der Waals surface area contributed by atoms with Crippen molar-refractivity contribution >= 4 is 23.5 Å². The first-order valence-electron chi connectivity index (χ1n) is 8.27. The zero-order valence-electron chi connectivity index (χ0n) is 14.2. The lowest BCUT2D eigenvalue weighted by Gasteiger charge is -2.23. The topological polar surface area (TPSA) is 64.4 Å². The van der Waals surface area contributed by atoms with Gasteiger partial charge in [0.1, 0.15) is 0 Å². The lowest BCUT2D eigenvalue weighted by atomic mass is 10.2. The summed E-state index contributed by atoms with van der Waals surface area (Å²) in [6.45, 7) is 3.65. The molecule has 1 amide bonds. The van der Waals surface area contributed by atoms with E-state index < -0.39 is 0 Å². The summed E-state index contributed by atoms with van der Waals surface area (Å²) in [7, 11) is 0. The van der Waals surface area contributed by atoms with Crippen molar-refractivity contribution in [1.29, 1.82) is 0 Å². The summed E-state index contributed by atoms with van der Waals surface area (Å²) in [4.78, 5) is 30.1. The number of imidazole rings is 1. The van der Waals surface area contributed by atoms with E-state index >= 15 is 0 Å². The van der Waals surface area contributed by atoms with Crippen LogP contribution in [0.2, 0.25) is 5.02 Å². The van der Waals surface area contributed by atoms with Crippen molar-refractivity contribution in [3.05, 3.63) is 53.6 Å². The first-order chi connectivity index (χ1) is 12.1. The molecular formula is C18H22ClN3O3. The second-order valence-corrected chi connectivity index (χ2v) is 5.89. The highest BCUT2D eigenvalue weighted by atomic mass is 35.5. The molecule has 7 heteroatoms. The molecule has 0 saturated heterocycles. The van der Waals surface area contributed by atoms with Gasteiger partial charge in [-0.2, -0.15) is 0 Å². The predicted molar refractivity (Wildman–Crippen MR) is 95.4 cm³/mol. The number of aryl methyl sites for hydroxylation is 1. The van der Waals surface area contributed by atoms with Crippen LogP contribution >= 0.6 is 11.6 Å². The number of hydrogen-bond acceptors (Lipinski definition) is 4. The van der Waals surface area contributed by atoms with Gasteiger partial charge in [-0.3, -0.25) is 9.59 Å². The van der Waals surface area contributed by atoms with Crippen LogP contribution in [0.4, 0.5) is 0 Å². The summed E-state index contributed by atoms with van der Waals surface area (Å²) in [5.41, 5.74) is 0.440. The largest absolute Gasteiger partial charge is 0.466 e. The number of benzene rings is 1. The molecule has 0 saturated carbocycles. The molecule has 1 aromatic heterocycles. The molecule has 2 aromatic rings. The third-order valence-electron chi connectivity index (χ3n) is 3.69. The lowest BCUT2D eigenvalue weighted by Crippen LogP contribution is -2.34. The molecule has 0 radical (unpaired) electrons. The van der Waals surface area contributed by atoms with E-state index in [0.717, 1.165) is 13.0 Å². The van der Waals surface area contributed by atoms with Gasteiger partial charge in [0.25, 0.3) is 5.91 Å². The maximum Gasteiger partial charge on any atom is 0.307 e. The van der Waals surface area contributed by atoms with E-state index in [1.807, 2.05) is 10.8 Å². The molecule has 2 rings (SSSR count). The Bertz CT molecular complexity index is 689. The van der Waals surface area contributed by atoms with Crippen LogP contribution in [0.1, 0.15) is 30.1 Å². The monoisotopic (exact) mass is 363 g/mol. The third-order valence-corrected chi connectivity index (χ3v) is 4.02. The van der Waals surface area contributed by atoms with Crippen molar-refractivity contribution in [1.82, 2.24) is 14.5 Å². The van der Waals surface area contributed by atoms with Gasteiger partial charge in [0.2, 0.25) is 0 Å². The minimum absolute atomic E-state index is 0.162. The fraction of sp³-hybridized carbons (Fsp3) is 0.389. The molecule has 25 heavy (non-hydrogen) atoms. The second kappa shape index (κ2) is 9.84. The van der Waals surface area contributed by atoms with E-state index in [1.54, 1.807) is 48.6 Å². The van der Waals surface area contributed by atoms with E-state index in [9.17, 15) is 9.59 Å². The molecule has 134 valence electrons. The van der Waals surface area contributed by atoms with Gasteiger partial charge in [0.05, 0.1) is 29.9 Å². The standard InChI is InChI=1S/C18H22ClN3O3/c1-2-25-17(23)8-12-22(11-5-10-21-13-9-20-14-21)18(24)15-6-3-4-7-16(15)19/h3-4,6-7,9,13-14H,2,5,8,10-12H2,1H3. The van der Waals surface area contributed by atoms with Crippen molar-refractivity contribution in [3.8, 4) is 0 Å². The van der Waals surface area contributed by atoms with E-state index in [0.29, 0.717) is 30.3 Å². The maximum absolute atomic E-state index is 12.8. The lowest BCUT2D eigenvalue weighted by molar-refractivity contribution is -0.143. The third kappa shape index (κ3) is 5.90. The number of amides is 1. The van der Waals surface area contributed by atoms with Crippen LogP contribution in [0.5, 0.6) is 0 Å². The molecule has 0 N–H and O–H groups in total. The first kappa shape index (κ1) is 19.0. The Morgan fingerprint density at radius 3 is 2.76 bits per heavy atom. The molecule has 1 aromatic carbocycles. The normalized spacial score (nSPS) is 10.5. The molecule has 6 nitrogen and oxygen atoms in total. The Hall–Kier alpha value is -2.34. The van der Waals surface area contributed by atoms with Gasteiger partial charge >= 0.3 is 5.97 Å². The number of nitrogens with zero attached hydrogens (tertiary/aromatic N) is 3. The molecular weight excluding hydrogens is 342 g/mol. The van der Waals surface area contributed by atoms with Crippen molar-refractivity contribution in [2.75, 3.05) is 19.7 Å². The first-order valence-corrected chi connectivity index (χ1v) is 8.64. The van der Waals surface area contributed by atoms with Gasteiger partial charge in [-0.05, 0) is 25.5 Å². The fourth-order valence-electron chi connectivity index (χ4n) is 2.44. The molecule has 0 aliphatic heterocycles. The van der Waals surface area contributed by atoms with Crippen molar-refractivity contribution in [3.63, 3.8) is 0 Å². The molecule has 0 spiro atoms. The molecule has 0 unspecified atom stereocenters. The smallest absolute Gasteiger partial charge is 0.307 e. The van der Waals surface area contributed by atoms with Crippen molar-refractivity contribution in [2.45, 2.75) is 26.3 Å². The highest BCUT2D eigenvalue weighted by molar-refractivity contribution is 6.33. The Morgan fingerprint density at radius 1 is 1.28 bits per heavy atom. The van der Waals surface area contributed by atoms with Crippen LogP contribution in [0, 0.1) is 0 Å². The molecule has 0 fully saturated rings. The zero-order valence-corrected chi connectivity index (χ0v) is 15.0. The predicted octanol–water partition coefficient (Wildman–Crippen LogP) is 3.02. The SMILES string of the molecule is CCOC(=O)CCN(CCCn1ccnc1)C(=O)c1ccccc1Cl. The number of esters is 1. The van der Waals surface area contributed by atoms with Crippen molar-refractivity contribution in [2.24, 2.45) is 0 Å². The highest BCUT2D eigenvalue weighted by Crippen LogP contribution is 2.17. The summed E-state index contributed by atoms with van der Waals surface area (Å²) in [6.07, 6.45) is 6.23. The number of carbonyl (C=O) groups excluding carboxylic acids is 2.